The molecule has 34 heavy (non-hydrogen) atoms. The van der Waals surface area contributed by atoms with E-state index in [1.165, 1.54) is 55.0 Å². The summed E-state index contributed by atoms with van der Waals surface area (Å²) in [6, 6.07) is 30.4. The number of hydrogen-bond donors (Lipinski definition) is 0. The first kappa shape index (κ1) is 16.2. The Labute approximate surface area is 193 Å². The van der Waals surface area contributed by atoms with Crippen molar-refractivity contribution in [3.05, 3.63) is 84.9 Å². The third-order valence-electron chi connectivity index (χ3n) is 8.09. The molecule has 0 saturated carbocycles. The molecule has 5 heterocycles. The van der Waals surface area contributed by atoms with Crippen molar-refractivity contribution >= 4 is 61.7 Å². The molecule has 7 aromatic rings. The summed E-state index contributed by atoms with van der Waals surface area (Å²) in [4.78, 5) is 5.18. The Balaban J connectivity index is 1.60. The van der Waals surface area contributed by atoms with Crippen LogP contribution in [0.1, 0.15) is 0 Å². The van der Waals surface area contributed by atoms with Gasteiger partial charge in [-0.25, -0.2) is 4.98 Å². The molecule has 3 aliphatic rings. The van der Waals surface area contributed by atoms with Crippen molar-refractivity contribution in [2.75, 3.05) is 0 Å². The number of fused-ring (bicyclic) bond motifs is 7. The largest absolute Gasteiger partial charge is 0.458 e. The quantitative estimate of drug-likeness (QED) is 0.331. The minimum atomic E-state index is 0.195. The molecule has 0 bridgehead atoms. The molecular formula is C29H14BN3O. The Morgan fingerprint density at radius 2 is 1.53 bits per heavy atom. The number of para-hydroxylation sites is 2. The molecule has 10 rings (SSSR count). The fraction of sp³-hybridized carbons (Fsp3) is 0. The second kappa shape index (κ2) is 5.02. The van der Waals surface area contributed by atoms with Gasteiger partial charge in [0.05, 0.1) is 22.1 Å². The molecule has 2 aromatic heterocycles. The van der Waals surface area contributed by atoms with E-state index in [-0.39, 0.29) is 6.71 Å². The van der Waals surface area contributed by atoms with Gasteiger partial charge >= 0.3 is 0 Å². The highest BCUT2D eigenvalue weighted by Crippen LogP contribution is 2.43. The maximum Gasteiger partial charge on any atom is 0.258 e. The van der Waals surface area contributed by atoms with Crippen LogP contribution in [-0.4, -0.2) is 20.7 Å². The van der Waals surface area contributed by atoms with Crippen molar-refractivity contribution in [2.45, 2.75) is 0 Å². The van der Waals surface area contributed by atoms with E-state index < -0.39 is 0 Å². The van der Waals surface area contributed by atoms with E-state index in [9.17, 15) is 0 Å². The normalized spacial score (nSPS) is 14.1. The lowest BCUT2D eigenvalue weighted by Crippen LogP contribution is -2.56. The lowest BCUT2D eigenvalue weighted by atomic mass is 9.36. The molecular weight excluding hydrogens is 417 g/mol. The number of aromatic nitrogens is 3. The SMILES string of the molecule is c1cc2c3c(c1)-c1cc4cccc5c4c4c1B3c1c(cccc1-n4c1nc3ccccc3n51)O2. The highest BCUT2D eigenvalue weighted by Gasteiger charge is 2.47. The Morgan fingerprint density at radius 1 is 0.706 bits per heavy atom. The van der Waals surface area contributed by atoms with E-state index in [4.69, 9.17) is 9.72 Å². The van der Waals surface area contributed by atoms with Gasteiger partial charge in [0, 0.05) is 11.1 Å². The molecule has 0 N–H and O–H groups in total. The van der Waals surface area contributed by atoms with Crippen molar-refractivity contribution in [2.24, 2.45) is 0 Å². The minimum Gasteiger partial charge on any atom is -0.458 e. The highest BCUT2D eigenvalue weighted by molar-refractivity contribution is 7.02. The van der Waals surface area contributed by atoms with Crippen LogP contribution < -0.4 is 21.1 Å². The van der Waals surface area contributed by atoms with Crippen molar-refractivity contribution in [3.8, 4) is 28.3 Å². The molecule has 0 radical (unpaired) electrons. The van der Waals surface area contributed by atoms with Crippen LogP contribution in [0.5, 0.6) is 11.5 Å². The number of benzene rings is 5. The van der Waals surface area contributed by atoms with E-state index in [2.05, 4.69) is 93.9 Å². The number of rotatable bonds is 0. The summed E-state index contributed by atoms with van der Waals surface area (Å²) in [6.45, 7) is 0.195. The topological polar surface area (TPSA) is 31.5 Å². The average molecular weight is 431 g/mol. The third kappa shape index (κ3) is 1.53. The van der Waals surface area contributed by atoms with E-state index in [1.54, 1.807) is 0 Å². The van der Waals surface area contributed by atoms with Crippen molar-refractivity contribution in [1.29, 1.82) is 0 Å². The summed E-state index contributed by atoms with van der Waals surface area (Å²) in [7, 11) is 0. The van der Waals surface area contributed by atoms with Crippen LogP contribution in [0, 0.1) is 0 Å². The van der Waals surface area contributed by atoms with Crippen LogP contribution in [0.2, 0.25) is 0 Å². The van der Waals surface area contributed by atoms with Gasteiger partial charge in [0.15, 0.2) is 0 Å². The summed E-state index contributed by atoms with van der Waals surface area (Å²) in [5.41, 5.74) is 12.4. The molecule has 4 nitrogen and oxygen atoms in total. The van der Waals surface area contributed by atoms with Crippen LogP contribution in [0.25, 0.3) is 55.4 Å². The van der Waals surface area contributed by atoms with Crippen LogP contribution in [0.4, 0.5) is 0 Å². The molecule has 5 aromatic carbocycles. The van der Waals surface area contributed by atoms with Gasteiger partial charge in [-0.3, -0.25) is 8.97 Å². The van der Waals surface area contributed by atoms with Gasteiger partial charge in [0.25, 0.3) is 6.71 Å². The number of imidazole rings is 1. The standard InChI is InChI=1S/C29H14BN3O/c1-2-9-19-18(8-1)31-29-32(19)20-10-3-6-15-14-17-16-7-4-12-22-25(16)30-26(17)28(24(15)20)33(29)21-11-5-13-23(34-22)27(21)30/h1-14H. The molecule has 0 fully saturated rings. The predicted molar refractivity (Wildman–Crippen MR) is 137 cm³/mol. The highest BCUT2D eigenvalue weighted by atomic mass is 16.5. The van der Waals surface area contributed by atoms with E-state index in [0.717, 1.165) is 28.3 Å². The summed E-state index contributed by atoms with van der Waals surface area (Å²) in [6.07, 6.45) is 0. The third-order valence-corrected chi connectivity index (χ3v) is 8.09. The summed E-state index contributed by atoms with van der Waals surface area (Å²) >= 11 is 0. The van der Waals surface area contributed by atoms with Gasteiger partial charge in [-0.1, -0.05) is 42.5 Å². The molecule has 3 aliphatic heterocycles. The second-order valence-corrected chi connectivity index (χ2v) is 9.57. The van der Waals surface area contributed by atoms with Gasteiger partial charge in [-0.05, 0) is 75.4 Å². The van der Waals surface area contributed by atoms with Crippen molar-refractivity contribution < 1.29 is 4.74 Å². The van der Waals surface area contributed by atoms with Gasteiger partial charge in [0.1, 0.15) is 11.5 Å². The molecule has 0 atom stereocenters. The zero-order valence-corrected chi connectivity index (χ0v) is 17.9. The molecule has 0 spiro atoms. The number of nitrogens with zero attached hydrogens (tertiary/aromatic N) is 3. The predicted octanol–water partition coefficient (Wildman–Crippen LogP) is 4.50. The first-order valence-corrected chi connectivity index (χ1v) is 11.7. The molecule has 0 amide bonds. The van der Waals surface area contributed by atoms with Crippen LogP contribution in [-0.2, 0) is 0 Å². The van der Waals surface area contributed by atoms with Crippen LogP contribution in [0.15, 0.2) is 84.9 Å². The molecule has 5 heteroatoms. The Morgan fingerprint density at radius 3 is 2.50 bits per heavy atom. The monoisotopic (exact) mass is 431 g/mol. The van der Waals surface area contributed by atoms with Crippen LogP contribution >= 0.6 is 0 Å². The van der Waals surface area contributed by atoms with E-state index in [0.29, 0.717) is 0 Å². The van der Waals surface area contributed by atoms with E-state index >= 15 is 0 Å². The summed E-state index contributed by atoms with van der Waals surface area (Å²) in [5, 5.41) is 2.56. The first-order valence-electron chi connectivity index (χ1n) is 11.7. The lowest BCUT2D eigenvalue weighted by molar-refractivity contribution is 0.487. The molecule has 0 saturated heterocycles. The second-order valence-electron chi connectivity index (χ2n) is 9.57. The maximum atomic E-state index is 6.51. The lowest BCUT2D eigenvalue weighted by Gasteiger charge is -2.32. The summed E-state index contributed by atoms with van der Waals surface area (Å²) < 4.78 is 11.2. The van der Waals surface area contributed by atoms with E-state index in [1.807, 2.05) is 0 Å². The molecule has 154 valence electrons. The Bertz CT molecular complexity index is 2120. The zero-order chi connectivity index (χ0) is 21.7. The Hall–Kier alpha value is -4.51. The van der Waals surface area contributed by atoms with Crippen molar-refractivity contribution in [1.82, 2.24) is 14.0 Å². The Kier molecular flexibility index (Phi) is 2.39. The molecule has 0 unspecified atom stereocenters. The zero-order valence-electron chi connectivity index (χ0n) is 17.9. The van der Waals surface area contributed by atoms with Gasteiger partial charge < -0.3 is 4.74 Å². The molecule has 0 aliphatic carbocycles. The fourth-order valence-electron chi connectivity index (χ4n) is 6.92. The van der Waals surface area contributed by atoms with Gasteiger partial charge in [-0.15, -0.1) is 0 Å². The summed E-state index contributed by atoms with van der Waals surface area (Å²) in [5.74, 6) is 2.88. The van der Waals surface area contributed by atoms with Gasteiger partial charge in [-0.2, -0.15) is 0 Å². The number of hydrogen-bond acceptors (Lipinski definition) is 2. The first-order chi connectivity index (χ1) is 16.9. The van der Waals surface area contributed by atoms with Crippen LogP contribution in [0.3, 0.4) is 0 Å². The maximum absolute atomic E-state index is 6.51. The minimum absolute atomic E-state index is 0.195. The van der Waals surface area contributed by atoms with Crippen molar-refractivity contribution in [3.63, 3.8) is 0 Å². The van der Waals surface area contributed by atoms with Gasteiger partial charge in [0.2, 0.25) is 5.78 Å². The average Bonchev–Trinajstić information content (AvgIpc) is 3.42. The smallest absolute Gasteiger partial charge is 0.258 e. The number of ether oxygens (including phenoxy) is 1. The fourth-order valence-corrected chi connectivity index (χ4v) is 6.92.